The van der Waals surface area contributed by atoms with E-state index in [-0.39, 0.29) is 5.91 Å². The van der Waals surface area contributed by atoms with Crippen LogP contribution in [0.3, 0.4) is 0 Å². The Balaban J connectivity index is 1.72. The van der Waals surface area contributed by atoms with Crippen molar-refractivity contribution in [3.63, 3.8) is 0 Å². The van der Waals surface area contributed by atoms with Gasteiger partial charge in [-0.15, -0.1) is 0 Å². The highest BCUT2D eigenvalue weighted by Crippen LogP contribution is 2.38. The molecule has 0 spiro atoms. The maximum Gasteiger partial charge on any atom is 0.259 e. The summed E-state index contributed by atoms with van der Waals surface area (Å²) in [5, 5.41) is 3.28. The fourth-order valence-electron chi connectivity index (χ4n) is 9.00. The van der Waals surface area contributed by atoms with Crippen LogP contribution in [0.15, 0.2) is 36.4 Å². The van der Waals surface area contributed by atoms with E-state index in [1.54, 1.807) is 0 Å². The summed E-state index contributed by atoms with van der Waals surface area (Å²) in [6, 6.07) is 13.6. The molecule has 2 unspecified atom stereocenters. The van der Waals surface area contributed by atoms with E-state index in [0.29, 0.717) is 11.8 Å². The van der Waals surface area contributed by atoms with Crippen LogP contribution in [0.25, 0.3) is 23.1 Å². The van der Waals surface area contributed by atoms with Crippen molar-refractivity contribution >= 4 is 34.6 Å². The second kappa shape index (κ2) is 23.2. The van der Waals surface area contributed by atoms with Crippen LogP contribution in [0.1, 0.15) is 192 Å². The van der Waals surface area contributed by atoms with Gasteiger partial charge in [-0.2, -0.15) is 0 Å². The quantitative estimate of drug-likeness (QED) is 0.0719. The van der Waals surface area contributed by atoms with Gasteiger partial charge in [0.1, 0.15) is 0 Å². The van der Waals surface area contributed by atoms with Crippen LogP contribution < -0.4 is 15.5 Å². The molecule has 0 bridgehead atoms. The Labute approximate surface area is 325 Å². The summed E-state index contributed by atoms with van der Waals surface area (Å²) in [7, 11) is 0. The number of amides is 1. The van der Waals surface area contributed by atoms with Crippen molar-refractivity contribution in [2.24, 2.45) is 11.8 Å². The molecule has 3 aromatic rings. The minimum Gasteiger partial charge on any atom is -0.341 e. The number of carbonyl (C=O) groups is 1. The molecule has 3 heteroatoms. The minimum atomic E-state index is 0.184. The summed E-state index contributed by atoms with van der Waals surface area (Å²) in [4.78, 5) is 17.2. The number of aromatic nitrogens is 1. The van der Waals surface area contributed by atoms with E-state index in [9.17, 15) is 0 Å². The van der Waals surface area contributed by atoms with Crippen molar-refractivity contribution in [2.75, 3.05) is 11.4 Å². The first-order valence-corrected chi connectivity index (χ1v) is 22.6. The smallest absolute Gasteiger partial charge is 0.259 e. The second-order valence-corrected chi connectivity index (χ2v) is 17.0. The van der Waals surface area contributed by atoms with E-state index in [4.69, 9.17) is 6.58 Å². The highest BCUT2D eigenvalue weighted by Gasteiger charge is 2.35. The largest absolute Gasteiger partial charge is 0.341 e. The van der Waals surface area contributed by atoms with E-state index in [2.05, 4.69) is 87.4 Å². The number of nitrogens with zero attached hydrogens (tertiary/aromatic N) is 2. The van der Waals surface area contributed by atoms with Crippen molar-refractivity contribution in [1.82, 2.24) is 4.57 Å². The van der Waals surface area contributed by atoms with E-state index in [1.807, 2.05) is 0 Å². The van der Waals surface area contributed by atoms with Gasteiger partial charge in [-0.05, 0) is 74.6 Å². The lowest BCUT2D eigenvalue weighted by Gasteiger charge is -2.25. The van der Waals surface area contributed by atoms with Crippen LogP contribution in [0.4, 0.5) is 5.69 Å². The first kappa shape index (κ1) is 42.9. The summed E-state index contributed by atoms with van der Waals surface area (Å²) < 4.78 is 2.51. The molecule has 0 saturated heterocycles. The molecule has 0 radical (unpaired) electrons. The standard InChI is InChI=1S/C50H78N2O/c1-8-12-16-20-22-26-30-43(28-24-19-15-11-4)38-52-47-36-40(6)32-34-45(47)49(50(52)53)48-41(7)51(46-35-39(5)31-33-44(46)48)37-42(27-23-18-14-10-3)29-25-21-17-13-9-2/h31-36,42-43H,7-30,37-38H2,1-6H3/b49-48-. The Bertz CT molecular complexity index is 1650. The fraction of sp³-hybridized carbons (Fsp3) is 0.660. The second-order valence-electron chi connectivity index (χ2n) is 17.0. The first-order chi connectivity index (χ1) is 25.8. The van der Waals surface area contributed by atoms with Crippen LogP contribution in [-0.2, 0) is 11.3 Å². The molecule has 2 aromatic carbocycles. The SMILES string of the molecule is C=c1/c(=C2/C(=O)N(CC(CCCCCC)CCCCCCCC)c3cc(C)ccc32)c2ccc(C)cc2n1CC(CCCCCC)CCCCCCC. The lowest BCUT2D eigenvalue weighted by Crippen LogP contribution is -2.37. The average Bonchev–Trinajstić information content (AvgIpc) is 3.56. The van der Waals surface area contributed by atoms with Gasteiger partial charge in [0, 0.05) is 40.1 Å². The van der Waals surface area contributed by atoms with Crippen LogP contribution in [-0.4, -0.2) is 17.0 Å². The van der Waals surface area contributed by atoms with Crippen molar-refractivity contribution in [3.05, 3.63) is 63.7 Å². The predicted octanol–water partition coefficient (Wildman–Crippen LogP) is 13.5. The van der Waals surface area contributed by atoms with Crippen LogP contribution >= 0.6 is 0 Å². The zero-order valence-corrected chi connectivity index (χ0v) is 35.3. The zero-order valence-electron chi connectivity index (χ0n) is 35.3. The summed E-state index contributed by atoms with van der Waals surface area (Å²) in [6.07, 6.45) is 29.9. The van der Waals surface area contributed by atoms with Crippen LogP contribution in [0.5, 0.6) is 0 Å². The van der Waals surface area contributed by atoms with Gasteiger partial charge < -0.3 is 9.47 Å². The number of benzene rings is 2. The topological polar surface area (TPSA) is 25.2 Å². The molecular formula is C50H78N2O. The number of rotatable bonds is 27. The predicted molar refractivity (Wildman–Crippen MR) is 233 cm³/mol. The number of carbonyl (C=O) groups excluding carboxylic acids is 1. The van der Waals surface area contributed by atoms with Crippen LogP contribution in [0, 0.1) is 25.7 Å². The molecule has 1 aliphatic heterocycles. The van der Waals surface area contributed by atoms with Crippen molar-refractivity contribution in [2.45, 2.75) is 196 Å². The molecule has 1 aromatic heterocycles. The van der Waals surface area contributed by atoms with Gasteiger partial charge in [0.2, 0.25) is 0 Å². The monoisotopic (exact) mass is 723 g/mol. The Morgan fingerprint density at radius 2 is 1.02 bits per heavy atom. The van der Waals surface area contributed by atoms with Gasteiger partial charge in [0.15, 0.2) is 0 Å². The Hall–Kier alpha value is -2.81. The minimum absolute atomic E-state index is 0.184. The fourth-order valence-corrected chi connectivity index (χ4v) is 9.00. The van der Waals surface area contributed by atoms with E-state index >= 15 is 4.79 Å². The van der Waals surface area contributed by atoms with Crippen LogP contribution in [0.2, 0.25) is 0 Å². The molecule has 0 N–H and O–H groups in total. The Kier molecular flexibility index (Phi) is 18.8. The molecule has 294 valence electrons. The third-order valence-electron chi connectivity index (χ3n) is 12.2. The van der Waals surface area contributed by atoms with Gasteiger partial charge in [0.25, 0.3) is 5.91 Å². The van der Waals surface area contributed by atoms with E-state index in [1.165, 1.54) is 170 Å². The van der Waals surface area contributed by atoms with Gasteiger partial charge >= 0.3 is 0 Å². The van der Waals surface area contributed by atoms with Gasteiger partial charge in [-0.1, -0.05) is 181 Å². The number of aryl methyl sites for hydroxylation is 2. The number of hydrogen-bond donors (Lipinski definition) is 0. The summed E-state index contributed by atoms with van der Waals surface area (Å²) in [5.74, 6) is 1.34. The number of fused-ring (bicyclic) bond motifs is 2. The third-order valence-corrected chi connectivity index (χ3v) is 12.2. The highest BCUT2D eigenvalue weighted by molar-refractivity contribution is 6.33. The molecule has 2 atom stereocenters. The summed E-state index contributed by atoms with van der Waals surface area (Å²) in [6.45, 7) is 20.2. The summed E-state index contributed by atoms with van der Waals surface area (Å²) >= 11 is 0. The molecule has 3 nitrogen and oxygen atoms in total. The normalized spacial score (nSPS) is 15.1. The molecule has 53 heavy (non-hydrogen) atoms. The van der Waals surface area contributed by atoms with Gasteiger partial charge in [0.05, 0.1) is 11.3 Å². The van der Waals surface area contributed by atoms with Gasteiger partial charge in [-0.3, -0.25) is 4.79 Å². The van der Waals surface area contributed by atoms with Gasteiger partial charge in [-0.25, -0.2) is 0 Å². The number of unbranched alkanes of at least 4 members (excludes halogenated alkanes) is 15. The lowest BCUT2D eigenvalue weighted by atomic mass is 9.93. The highest BCUT2D eigenvalue weighted by atomic mass is 16.2. The maximum atomic E-state index is 15.0. The molecular weight excluding hydrogens is 645 g/mol. The number of hydrogen-bond acceptors (Lipinski definition) is 1. The van der Waals surface area contributed by atoms with E-state index in [0.717, 1.165) is 40.5 Å². The Morgan fingerprint density at radius 3 is 1.57 bits per heavy atom. The molecule has 0 saturated carbocycles. The molecule has 1 aliphatic rings. The van der Waals surface area contributed by atoms with Crippen molar-refractivity contribution in [1.29, 1.82) is 0 Å². The van der Waals surface area contributed by atoms with Crippen molar-refractivity contribution < 1.29 is 4.79 Å². The zero-order chi connectivity index (χ0) is 38.0. The lowest BCUT2D eigenvalue weighted by molar-refractivity contribution is -0.113. The molecule has 0 aliphatic carbocycles. The molecule has 4 rings (SSSR count). The Morgan fingerprint density at radius 1 is 0.566 bits per heavy atom. The molecule has 2 heterocycles. The maximum absolute atomic E-state index is 15.0. The summed E-state index contributed by atoms with van der Waals surface area (Å²) in [5.41, 5.74) is 6.82. The first-order valence-electron chi connectivity index (χ1n) is 22.6. The molecule has 0 fully saturated rings. The third kappa shape index (κ3) is 12.3. The van der Waals surface area contributed by atoms with E-state index < -0.39 is 0 Å². The molecule has 1 amide bonds. The number of anilines is 1. The van der Waals surface area contributed by atoms with Crippen molar-refractivity contribution in [3.8, 4) is 0 Å². The average molecular weight is 723 g/mol.